The second-order valence-electron chi connectivity index (χ2n) is 2.33. The summed E-state index contributed by atoms with van der Waals surface area (Å²) < 4.78 is 6.01. The van der Waals surface area contributed by atoms with Crippen LogP contribution in [0.25, 0.3) is 10.1 Å². The Kier molecular flexibility index (Phi) is 1.98. The topological polar surface area (TPSA) is 38.9 Å². The molecule has 0 amide bonds. The van der Waals surface area contributed by atoms with Gasteiger partial charge in [-0.15, -0.1) is 0 Å². The van der Waals surface area contributed by atoms with Crippen molar-refractivity contribution in [1.82, 2.24) is 4.37 Å². The second kappa shape index (κ2) is 2.87. The Morgan fingerprint density at radius 2 is 2.25 bits per heavy atom. The molecule has 0 radical (unpaired) electrons. The first-order valence-corrected chi connectivity index (χ1v) is 5.13. The third kappa shape index (κ3) is 1.20. The van der Waals surface area contributed by atoms with E-state index in [-0.39, 0.29) is 0 Å². The zero-order valence-corrected chi connectivity index (χ0v) is 9.00. The number of nitrogen functional groups attached to an aromatic ring is 1. The van der Waals surface area contributed by atoms with Gasteiger partial charge in [-0.25, -0.2) is 0 Å². The molecule has 0 saturated carbocycles. The molecule has 2 aromatic rings. The molecular weight excluding hydrogens is 260 g/mol. The Morgan fingerprint density at radius 3 is 3.00 bits per heavy atom. The van der Waals surface area contributed by atoms with Crippen LogP contribution < -0.4 is 5.73 Å². The third-order valence-corrected chi connectivity index (χ3v) is 3.54. The molecular formula is C7H4BrClN2S. The zero-order valence-electron chi connectivity index (χ0n) is 5.84. The molecule has 0 aliphatic carbocycles. The molecule has 2 rings (SSSR count). The highest BCUT2D eigenvalue weighted by Crippen LogP contribution is 2.34. The highest BCUT2D eigenvalue weighted by molar-refractivity contribution is 9.10. The van der Waals surface area contributed by atoms with Crippen LogP contribution in [0.4, 0.5) is 5.82 Å². The summed E-state index contributed by atoms with van der Waals surface area (Å²) in [7, 11) is 0. The number of nitrogens with zero attached hydrogens (tertiary/aromatic N) is 1. The molecule has 0 atom stereocenters. The normalized spacial score (nSPS) is 10.8. The second-order valence-corrected chi connectivity index (χ2v) is 4.40. The summed E-state index contributed by atoms with van der Waals surface area (Å²) in [5, 5.41) is 1.58. The van der Waals surface area contributed by atoms with Crippen molar-refractivity contribution in [2.45, 2.75) is 0 Å². The summed E-state index contributed by atoms with van der Waals surface area (Å²) in [6, 6.07) is 3.65. The van der Waals surface area contributed by atoms with Crippen molar-refractivity contribution < 1.29 is 0 Å². The molecule has 2 N–H and O–H groups in total. The van der Waals surface area contributed by atoms with Gasteiger partial charge in [-0.3, -0.25) is 0 Å². The van der Waals surface area contributed by atoms with Crippen LogP contribution in [-0.4, -0.2) is 4.37 Å². The number of benzene rings is 1. The van der Waals surface area contributed by atoms with Crippen LogP contribution in [-0.2, 0) is 0 Å². The van der Waals surface area contributed by atoms with Gasteiger partial charge in [-0.05, 0) is 39.6 Å². The van der Waals surface area contributed by atoms with Crippen LogP contribution in [0.1, 0.15) is 0 Å². The molecule has 1 heterocycles. The lowest BCUT2D eigenvalue weighted by Gasteiger charge is -1.94. The summed E-state index contributed by atoms with van der Waals surface area (Å²) in [5.41, 5.74) is 5.63. The van der Waals surface area contributed by atoms with Gasteiger partial charge in [0, 0.05) is 14.9 Å². The Balaban J connectivity index is 2.92. The largest absolute Gasteiger partial charge is 0.382 e. The third-order valence-electron chi connectivity index (χ3n) is 1.52. The number of anilines is 1. The lowest BCUT2D eigenvalue weighted by molar-refractivity contribution is 1.58. The number of halogens is 2. The van der Waals surface area contributed by atoms with Crippen molar-refractivity contribution in [2.75, 3.05) is 5.73 Å². The van der Waals surface area contributed by atoms with E-state index in [0.29, 0.717) is 10.8 Å². The lowest BCUT2D eigenvalue weighted by Crippen LogP contribution is -1.82. The van der Waals surface area contributed by atoms with Gasteiger partial charge < -0.3 is 5.73 Å². The van der Waals surface area contributed by atoms with Crippen LogP contribution in [0.3, 0.4) is 0 Å². The average molecular weight is 264 g/mol. The molecule has 2 nitrogen and oxygen atoms in total. The van der Waals surface area contributed by atoms with Crippen molar-refractivity contribution in [3.8, 4) is 0 Å². The SMILES string of the molecule is Nc1nsc2c(Br)cc(Cl)cc12. The summed E-state index contributed by atoms with van der Waals surface area (Å²) in [4.78, 5) is 0. The van der Waals surface area contributed by atoms with Gasteiger partial charge in [0.2, 0.25) is 0 Å². The van der Waals surface area contributed by atoms with E-state index in [4.69, 9.17) is 17.3 Å². The summed E-state index contributed by atoms with van der Waals surface area (Å²) in [6.45, 7) is 0. The number of rotatable bonds is 0. The molecule has 5 heteroatoms. The number of hydrogen-bond acceptors (Lipinski definition) is 3. The lowest BCUT2D eigenvalue weighted by atomic mass is 10.3. The number of hydrogen-bond donors (Lipinski definition) is 1. The molecule has 0 aliphatic rings. The Labute approximate surface area is 86.6 Å². The monoisotopic (exact) mass is 262 g/mol. The number of aromatic nitrogens is 1. The molecule has 12 heavy (non-hydrogen) atoms. The van der Waals surface area contributed by atoms with Crippen molar-refractivity contribution in [3.63, 3.8) is 0 Å². The minimum Gasteiger partial charge on any atom is -0.382 e. The first-order valence-electron chi connectivity index (χ1n) is 3.18. The number of nitrogens with two attached hydrogens (primary N) is 1. The van der Waals surface area contributed by atoms with Crippen molar-refractivity contribution in [2.24, 2.45) is 0 Å². The van der Waals surface area contributed by atoms with Crippen LogP contribution in [0.5, 0.6) is 0 Å². The van der Waals surface area contributed by atoms with E-state index in [0.717, 1.165) is 14.6 Å². The standard InChI is InChI=1S/C7H4BrClN2S/c8-5-2-3(9)1-4-6(5)12-11-7(4)10/h1-2H,(H2,10,11). The first kappa shape index (κ1) is 8.29. The molecule has 1 aromatic heterocycles. The minimum absolute atomic E-state index is 0.540. The van der Waals surface area contributed by atoms with E-state index >= 15 is 0 Å². The summed E-state index contributed by atoms with van der Waals surface area (Å²) in [5.74, 6) is 0.540. The van der Waals surface area contributed by atoms with E-state index in [1.165, 1.54) is 11.5 Å². The predicted molar refractivity (Wildman–Crippen MR) is 56.7 cm³/mol. The van der Waals surface area contributed by atoms with E-state index < -0.39 is 0 Å². The molecule has 0 fully saturated rings. The van der Waals surface area contributed by atoms with Gasteiger partial charge in [0.15, 0.2) is 0 Å². The molecule has 62 valence electrons. The van der Waals surface area contributed by atoms with Crippen molar-refractivity contribution in [3.05, 3.63) is 21.6 Å². The van der Waals surface area contributed by atoms with E-state index in [9.17, 15) is 0 Å². The highest BCUT2D eigenvalue weighted by atomic mass is 79.9. The molecule has 0 bridgehead atoms. The molecule has 0 aliphatic heterocycles. The maximum Gasteiger partial charge on any atom is 0.145 e. The zero-order chi connectivity index (χ0) is 8.72. The Bertz CT molecular complexity index is 440. The highest BCUT2D eigenvalue weighted by Gasteiger charge is 2.06. The van der Waals surface area contributed by atoms with Crippen LogP contribution >= 0.6 is 39.1 Å². The fraction of sp³-hybridized carbons (Fsp3) is 0. The fourth-order valence-corrected chi connectivity index (χ4v) is 2.71. The maximum absolute atomic E-state index is 5.84. The van der Waals surface area contributed by atoms with Crippen LogP contribution in [0.2, 0.25) is 5.02 Å². The molecule has 0 saturated heterocycles. The Morgan fingerprint density at radius 1 is 1.50 bits per heavy atom. The van der Waals surface area contributed by atoms with Crippen molar-refractivity contribution in [1.29, 1.82) is 0 Å². The summed E-state index contributed by atoms with van der Waals surface area (Å²) >= 11 is 10.6. The quantitative estimate of drug-likeness (QED) is 0.792. The smallest absolute Gasteiger partial charge is 0.145 e. The fourth-order valence-electron chi connectivity index (χ4n) is 0.987. The van der Waals surface area contributed by atoms with Gasteiger partial charge in [0.25, 0.3) is 0 Å². The van der Waals surface area contributed by atoms with Crippen LogP contribution in [0, 0.1) is 0 Å². The Hall–Kier alpha value is -0.320. The summed E-state index contributed by atoms with van der Waals surface area (Å²) in [6.07, 6.45) is 0. The van der Waals surface area contributed by atoms with E-state index in [1.807, 2.05) is 12.1 Å². The van der Waals surface area contributed by atoms with Crippen LogP contribution in [0.15, 0.2) is 16.6 Å². The van der Waals surface area contributed by atoms with E-state index in [2.05, 4.69) is 20.3 Å². The van der Waals surface area contributed by atoms with Gasteiger partial charge in [-0.1, -0.05) is 11.6 Å². The minimum atomic E-state index is 0.540. The first-order chi connectivity index (χ1) is 5.68. The average Bonchev–Trinajstić information content (AvgIpc) is 2.33. The molecule has 1 aromatic carbocycles. The van der Waals surface area contributed by atoms with Gasteiger partial charge in [0.05, 0.1) is 4.70 Å². The van der Waals surface area contributed by atoms with Gasteiger partial charge in [-0.2, -0.15) is 4.37 Å². The number of fused-ring (bicyclic) bond motifs is 1. The maximum atomic E-state index is 5.84. The van der Waals surface area contributed by atoms with Gasteiger partial charge >= 0.3 is 0 Å². The van der Waals surface area contributed by atoms with Gasteiger partial charge in [0.1, 0.15) is 5.82 Å². The predicted octanol–water partition coefficient (Wildman–Crippen LogP) is 3.29. The molecule has 0 unspecified atom stereocenters. The van der Waals surface area contributed by atoms with E-state index in [1.54, 1.807) is 0 Å². The van der Waals surface area contributed by atoms with Crippen molar-refractivity contribution >= 4 is 55.0 Å². The molecule has 0 spiro atoms.